The van der Waals surface area contributed by atoms with E-state index >= 15 is 0 Å². The highest BCUT2D eigenvalue weighted by molar-refractivity contribution is 5.27. The number of hydrogen-bond acceptors (Lipinski definition) is 3. The Hall–Kier alpha value is -1.06. The van der Waals surface area contributed by atoms with Gasteiger partial charge in [-0.25, -0.2) is 5.48 Å². The summed E-state index contributed by atoms with van der Waals surface area (Å²) in [5.41, 5.74) is 3.34. The minimum absolute atomic E-state index is 0.579. The molecule has 3 heteroatoms. The average Bonchev–Trinajstić information content (AvgIpc) is 2.28. The molecule has 0 atom stereocenters. The van der Waals surface area contributed by atoms with E-state index in [1.54, 1.807) is 0 Å². The predicted octanol–water partition coefficient (Wildman–Crippen LogP) is 2.39. The van der Waals surface area contributed by atoms with Gasteiger partial charge in [0.25, 0.3) is 0 Å². The van der Waals surface area contributed by atoms with Crippen LogP contribution in [0.5, 0.6) is 5.75 Å². The minimum atomic E-state index is 0.579. The zero-order chi connectivity index (χ0) is 10.9. The Bertz CT molecular complexity index is 259. The molecule has 84 valence electrons. The lowest BCUT2D eigenvalue weighted by atomic mass is 10.1. The molecule has 3 nitrogen and oxygen atoms in total. The molecule has 1 aromatic carbocycles. The van der Waals surface area contributed by atoms with Crippen LogP contribution in [-0.4, -0.2) is 18.4 Å². The van der Waals surface area contributed by atoms with Crippen LogP contribution >= 0.6 is 0 Å². The maximum Gasteiger partial charge on any atom is 0.119 e. The second-order valence-corrected chi connectivity index (χ2v) is 3.50. The summed E-state index contributed by atoms with van der Waals surface area (Å²) in [5, 5.41) is 8.45. The van der Waals surface area contributed by atoms with Gasteiger partial charge < -0.3 is 9.94 Å². The molecule has 1 aromatic rings. The Morgan fingerprint density at radius 1 is 1.27 bits per heavy atom. The van der Waals surface area contributed by atoms with E-state index in [1.165, 1.54) is 5.56 Å². The van der Waals surface area contributed by atoms with Crippen LogP contribution in [0.2, 0.25) is 0 Å². The van der Waals surface area contributed by atoms with Gasteiger partial charge in [0, 0.05) is 6.54 Å². The van der Waals surface area contributed by atoms with Gasteiger partial charge in [0.2, 0.25) is 0 Å². The number of ether oxygens (including phenoxy) is 1. The smallest absolute Gasteiger partial charge is 0.119 e. The summed E-state index contributed by atoms with van der Waals surface area (Å²) in [7, 11) is 0. The van der Waals surface area contributed by atoms with Crippen molar-refractivity contribution in [2.45, 2.75) is 26.2 Å². The van der Waals surface area contributed by atoms with E-state index in [2.05, 4.69) is 12.4 Å². The molecular weight excluding hydrogens is 190 g/mol. The van der Waals surface area contributed by atoms with Crippen LogP contribution in [-0.2, 0) is 6.42 Å². The SMILES string of the molecule is CCCCOc1ccc(CCNO)cc1. The Morgan fingerprint density at radius 3 is 2.60 bits per heavy atom. The van der Waals surface area contributed by atoms with Crippen LogP contribution in [0.1, 0.15) is 25.3 Å². The third kappa shape index (κ3) is 4.81. The lowest BCUT2D eigenvalue weighted by Gasteiger charge is -2.06. The maximum atomic E-state index is 8.45. The van der Waals surface area contributed by atoms with E-state index in [4.69, 9.17) is 9.94 Å². The fourth-order valence-electron chi connectivity index (χ4n) is 1.29. The predicted molar refractivity (Wildman–Crippen MR) is 60.3 cm³/mol. The van der Waals surface area contributed by atoms with Crippen molar-refractivity contribution in [3.63, 3.8) is 0 Å². The van der Waals surface area contributed by atoms with Crippen molar-refractivity contribution < 1.29 is 9.94 Å². The van der Waals surface area contributed by atoms with E-state index in [9.17, 15) is 0 Å². The van der Waals surface area contributed by atoms with Crippen LogP contribution in [0.3, 0.4) is 0 Å². The molecular formula is C12H19NO2. The molecule has 15 heavy (non-hydrogen) atoms. The number of rotatable bonds is 7. The fourth-order valence-corrected chi connectivity index (χ4v) is 1.29. The zero-order valence-electron chi connectivity index (χ0n) is 9.20. The number of hydroxylamine groups is 1. The quantitative estimate of drug-likeness (QED) is 0.535. The molecule has 0 amide bonds. The number of nitrogens with one attached hydrogen (secondary N) is 1. The van der Waals surface area contributed by atoms with Gasteiger partial charge in [-0.2, -0.15) is 0 Å². The average molecular weight is 209 g/mol. The molecule has 1 rings (SSSR count). The second kappa shape index (κ2) is 7.26. The van der Waals surface area contributed by atoms with Crippen molar-refractivity contribution >= 4 is 0 Å². The van der Waals surface area contributed by atoms with Crippen molar-refractivity contribution in [3.05, 3.63) is 29.8 Å². The minimum Gasteiger partial charge on any atom is -0.494 e. The highest BCUT2D eigenvalue weighted by Crippen LogP contribution is 2.12. The molecule has 0 saturated heterocycles. The Balaban J connectivity index is 2.35. The van der Waals surface area contributed by atoms with Gasteiger partial charge in [-0.1, -0.05) is 25.5 Å². The summed E-state index contributed by atoms with van der Waals surface area (Å²) in [6.45, 7) is 3.51. The highest BCUT2D eigenvalue weighted by atomic mass is 16.5. The summed E-state index contributed by atoms with van der Waals surface area (Å²) >= 11 is 0. The second-order valence-electron chi connectivity index (χ2n) is 3.50. The van der Waals surface area contributed by atoms with Gasteiger partial charge in [0.05, 0.1) is 6.61 Å². The van der Waals surface area contributed by atoms with Crippen LogP contribution in [0.4, 0.5) is 0 Å². The summed E-state index contributed by atoms with van der Waals surface area (Å²) in [6.07, 6.45) is 3.07. The van der Waals surface area contributed by atoms with Crippen LogP contribution in [0.25, 0.3) is 0 Å². The van der Waals surface area contributed by atoms with Gasteiger partial charge in [-0.15, -0.1) is 0 Å². The monoisotopic (exact) mass is 209 g/mol. The summed E-state index contributed by atoms with van der Waals surface area (Å²) in [5.74, 6) is 0.921. The van der Waals surface area contributed by atoms with E-state index < -0.39 is 0 Å². The molecule has 0 unspecified atom stereocenters. The van der Waals surface area contributed by atoms with Crippen molar-refractivity contribution in [2.24, 2.45) is 0 Å². The van der Waals surface area contributed by atoms with E-state index in [1.807, 2.05) is 24.3 Å². The normalized spacial score (nSPS) is 10.3. The van der Waals surface area contributed by atoms with Crippen molar-refractivity contribution in [1.82, 2.24) is 5.48 Å². The summed E-state index contributed by atoms with van der Waals surface area (Å²) in [4.78, 5) is 0. The van der Waals surface area contributed by atoms with Gasteiger partial charge in [0.15, 0.2) is 0 Å². The molecule has 2 N–H and O–H groups in total. The molecule has 0 heterocycles. The number of benzene rings is 1. The molecule has 0 bridgehead atoms. The lowest BCUT2D eigenvalue weighted by Crippen LogP contribution is -2.11. The number of unbranched alkanes of at least 4 members (excludes halogenated alkanes) is 1. The van der Waals surface area contributed by atoms with E-state index in [0.29, 0.717) is 6.54 Å². The molecule has 0 aliphatic rings. The Labute approximate surface area is 91.0 Å². The first-order chi connectivity index (χ1) is 7.36. The molecule has 0 spiro atoms. The first-order valence-electron chi connectivity index (χ1n) is 5.45. The van der Waals surface area contributed by atoms with Crippen molar-refractivity contribution in [2.75, 3.05) is 13.2 Å². The van der Waals surface area contributed by atoms with E-state index in [0.717, 1.165) is 31.6 Å². The fraction of sp³-hybridized carbons (Fsp3) is 0.500. The van der Waals surface area contributed by atoms with Crippen molar-refractivity contribution in [3.8, 4) is 5.75 Å². The standard InChI is InChI=1S/C12H19NO2/c1-2-3-10-15-12-6-4-11(5-7-12)8-9-13-14/h4-7,13-14H,2-3,8-10H2,1H3. The molecule has 0 aromatic heterocycles. The third-order valence-corrected chi connectivity index (χ3v) is 2.22. The zero-order valence-corrected chi connectivity index (χ0v) is 9.20. The Morgan fingerprint density at radius 2 is 2.00 bits per heavy atom. The first-order valence-corrected chi connectivity index (χ1v) is 5.45. The van der Waals surface area contributed by atoms with Crippen LogP contribution < -0.4 is 10.2 Å². The van der Waals surface area contributed by atoms with Crippen LogP contribution in [0.15, 0.2) is 24.3 Å². The van der Waals surface area contributed by atoms with Gasteiger partial charge in [-0.3, -0.25) is 0 Å². The number of hydrogen-bond donors (Lipinski definition) is 2. The third-order valence-electron chi connectivity index (χ3n) is 2.22. The molecule has 0 aliphatic carbocycles. The van der Waals surface area contributed by atoms with Crippen molar-refractivity contribution in [1.29, 1.82) is 0 Å². The Kier molecular flexibility index (Phi) is 5.81. The molecule has 0 aliphatic heterocycles. The van der Waals surface area contributed by atoms with Gasteiger partial charge >= 0.3 is 0 Å². The summed E-state index contributed by atoms with van der Waals surface area (Å²) in [6, 6.07) is 8.00. The topological polar surface area (TPSA) is 41.5 Å². The molecule has 0 saturated carbocycles. The molecule has 0 radical (unpaired) electrons. The lowest BCUT2D eigenvalue weighted by molar-refractivity contribution is 0.168. The maximum absolute atomic E-state index is 8.45. The highest BCUT2D eigenvalue weighted by Gasteiger charge is 1.95. The summed E-state index contributed by atoms with van der Waals surface area (Å²) < 4.78 is 5.54. The van der Waals surface area contributed by atoms with Gasteiger partial charge in [-0.05, 0) is 30.5 Å². The van der Waals surface area contributed by atoms with Gasteiger partial charge in [0.1, 0.15) is 5.75 Å². The first kappa shape index (κ1) is 12.0. The van der Waals surface area contributed by atoms with Crippen LogP contribution in [0, 0.1) is 0 Å². The van der Waals surface area contributed by atoms with E-state index in [-0.39, 0.29) is 0 Å². The molecule has 0 fully saturated rings. The largest absolute Gasteiger partial charge is 0.494 e.